The van der Waals surface area contributed by atoms with Gasteiger partial charge in [-0.15, -0.1) is 0 Å². The predicted octanol–water partition coefficient (Wildman–Crippen LogP) is 0.104. The highest BCUT2D eigenvalue weighted by atomic mass is 16.6. The summed E-state index contributed by atoms with van der Waals surface area (Å²) in [7, 11) is 0. The number of ether oxygens (including phenoxy) is 3. The zero-order chi connectivity index (χ0) is 17.3. The molecule has 8 heteroatoms. The molecule has 0 aromatic rings. The van der Waals surface area contributed by atoms with E-state index in [1.54, 1.807) is 0 Å². The minimum atomic E-state index is -1.08. The van der Waals surface area contributed by atoms with Gasteiger partial charge in [0, 0.05) is 27.7 Å². The fraction of sp³-hybridized carbons (Fsp3) is 0.571. The van der Waals surface area contributed by atoms with E-state index in [9.17, 15) is 19.2 Å². The predicted molar refractivity (Wildman–Crippen MR) is 75.5 cm³/mol. The van der Waals surface area contributed by atoms with E-state index < -0.39 is 42.1 Å². The maximum atomic E-state index is 11.3. The smallest absolute Gasteiger partial charge is 0.303 e. The molecule has 1 N–H and O–H groups in total. The van der Waals surface area contributed by atoms with Gasteiger partial charge < -0.3 is 19.5 Å². The summed E-state index contributed by atoms with van der Waals surface area (Å²) in [4.78, 5) is 44.6. The van der Waals surface area contributed by atoms with Gasteiger partial charge in [-0.05, 0) is 6.08 Å². The van der Waals surface area contributed by atoms with Crippen molar-refractivity contribution in [3.63, 3.8) is 0 Å². The van der Waals surface area contributed by atoms with Crippen molar-refractivity contribution < 1.29 is 33.4 Å². The van der Waals surface area contributed by atoms with Crippen LogP contribution in [0, 0.1) is 0 Å². The van der Waals surface area contributed by atoms with E-state index in [0.717, 1.165) is 6.92 Å². The van der Waals surface area contributed by atoms with Crippen LogP contribution in [0.1, 0.15) is 27.7 Å². The Morgan fingerprint density at radius 1 is 1.00 bits per heavy atom. The van der Waals surface area contributed by atoms with Crippen LogP contribution in [0.5, 0.6) is 0 Å². The summed E-state index contributed by atoms with van der Waals surface area (Å²) >= 11 is 0. The number of carbonyl (C=O) groups excluding carboxylic acids is 4. The molecule has 22 heavy (non-hydrogen) atoms. The zero-order valence-corrected chi connectivity index (χ0v) is 13.1. The monoisotopic (exact) mass is 315 g/mol. The minimum Gasteiger partial charge on any atom is -0.464 e. The molecule has 0 rings (SSSR count). The molecule has 0 aromatic heterocycles. The lowest BCUT2D eigenvalue weighted by atomic mass is 10.1. The minimum absolute atomic E-state index is 0.252. The lowest BCUT2D eigenvalue weighted by molar-refractivity contribution is -0.166. The first kappa shape index (κ1) is 19.6. The van der Waals surface area contributed by atoms with Crippen LogP contribution in [0.25, 0.3) is 0 Å². The molecular weight excluding hydrogens is 294 g/mol. The molecule has 0 saturated heterocycles. The second kappa shape index (κ2) is 9.54. The van der Waals surface area contributed by atoms with Crippen LogP contribution in [0.2, 0.25) is 0 Å². The van der Waals surface area contributed by atoms with Gasteiger partial charge >= 0.3 is 17.9 Å². The van der Waals surface area contributed by atoms with Crippen LogP contribution in [0.3, 0.4) is 0 Å². The number of amides is 1. The Morgan fingerprint density at radius 3 is 1.91 bits per heavy atom. The number of esters is 3. The highest BCUT2D eigenvalue weighted by molar-refractivity contribution is 5.73. The first-order valence-electron chi connectivity index (χ1n) is 6.54. The van der Waals surface area contributed by atoms with Gasteiger partial charge in [-0.3, -0.25) is 19.2 Å². The Hall–Kier alpha value is -2.38. The van der Waals surface area contributed by atoms with Crippen molar-refractivity contribution in [1.29, 1.82) is 0 Å². The Kier molecular flexibility index (Phi) is 8.51. The molecule has 0 aliphatic carbocycles. The summed E-state index contributed by atoms with van der Waals surface area (Å²) < 4.78 is 15.0. The highest BCUT2D eigenvalue weighted by Crippen LogP contribution is 2.13. The number of hydrogen-bond acceptors (Lipinski definition) is 7. The third-order valence-electron chi connectivity index (χ3n) is 2.41. The summed E-state index contributed by atoms with van der Waals surface area (Å²) in [5.74, 6) is -2.27. The molecule has 0 unspecified atom stereocenters. The molecule has 0 spiro atoms. The first-order chi connectivity index (χ1) is 10.2. The van der Waals surface area contributed by atoms with Gasteiger partial charge in [-0.1, -0.05) is 6.58 Å². The van der Waals surface area contributed by atoms with Crippen molar-refractivity contribution in [2.24, 2.45) is 0 Å². The second-order valence-corrected chi connectivity index (χ2v) is 4.49. The van der Waals surface area contributed by atoms with Crippen molar-refractivity contribution in [2.75, 3.05) is 6.61 Å². The number of hydrogen-bond donors (Lipinski definition) is 1. The van der Waals surface area contributed by atoms with Gasteiger partial charge in [0.1, 0.15) is 12.6 Å². The van der Waals surface area contributed by atoms with Crippen molar-refractivity contribution in [1.82, 2.24) is 5.32 Å². The summed E-state index contributed by atoms with van der Waals surface area (Å²) in [5.41, 5.74) is 0. The van der Waals surface area contributed by atoms with Crippen molar-refractivity contribution in [3.05, 3.63) is 12.7 Å². The van der Waals surface area contributed by atoms with Gasteiger partial charge in [-0.2, -0.15) is 0 Å². The van der Waals surface area contributed by atoms with E-state index in [0.29, 0.717) is 0 Å². The van der Waals surface area contributed by atoms with Crippen LogP contribution in [-0.4, -0.2) is 48.7 Å². The number of carbonyl (C=O) groups is 4. The van der Waals surface area contributed by atoms with Gasteiger partial charge in [0.15, 0.2) is 12.2 Å². The maximum absolute atomic E-state index is 11.3. The lowest BCUT2D eigenvalue weighted by Crippen LogP contribution is -2.53. The first-order valence-corrected chi connectivity index (χ1v) is 6.54. The maximum Gasteiger partial charge on any atom is 0.303 e. The fourth-order valence-electron chi connectivity index (χ4n) is 1.70. The molecule has 0 aliphatic rings. The Morgan fingerprint density at radius 2 is 1.55 bits per heavy atom. The molecule has 0 saturated carbocycles. The zero-order valence-electron chi connectivity index (χ0n) is 13.1. The highest BCUT2D eigenvalue weighted by Gasteiger charge is 2.34. The van der Waals surface area contributed by atoms with Crippen LogP contribution in [0.4, 0.5) is 0 Å². The largest absolute Gasteiger partial charge is 0.464 e. The van der Waals surface area contributed by atoms with Crippen LogP contribution < -0.4 is 5.32 Å². The summed E-state index contributed by atoms with van der Waals surface area (Å²) in [5, 5.41) is 2.50. The number of rotatable bonds is 8. The molecule has 1 amide bonds. The van der Waals surface area contributed by atoms with Crippen molar-refractivity contribution in [2.45, 2.75) is 45.9 Å². The Balaban J connectivity index is 5.35. The molecule has 124 valence electrons. The second-order valence-electron chi connectivity index (χ2n) is 4.49. The molecule has 8 nitrogen and oxygen atoms in total. The molecule has 0 bridgehead atoms. The Labute approximate surface area is 128 Å². The Bertz CT molecular complexity index is 446. The van der Waals surface area contributed by atoms with E-state index in [1.165, 1.54) is 26.8 Å². The molecule has 0 radical (unpaired) electrons. The van der Waals surface area contributed by atoms with Crippen molar-refractivity contribution >= 4 is 23.8 Å². The molecule has 0 fully saturated rings. The van der Waals surface area contributed by atoms with Crippen LogP contribution in [0.15, 0.2) is 12.7 Å². The molecule has 0 aliphatic heterocycles. The van der Waals surface area contributed by atoms with Crippen LogP contribution in [-0.2, 0) is 33.4 Å². The van der Waals surface area contributed by atoms with Gasteiger partial charge in [0.25, 0.3) is 0 Å². The van der Waals surface area contributed by atoms with Crippen LogP contribution >= 0.6 is 0 Å². The summed E-state index contributed by atoms with van der Waals surface area (Å²) in [6.07, 6.45) is -0.826. The average Bonchev–Trinajstić information content (AvgIpc) is 2.37. The van der Waals surface area contributed by atoms with E-state index in [1.807, 2.05) is 0 Å². The van der Waals surface area contributed by atoms with E-state index in [2.05, 4.69) is 11.9 Å². The molecule has 0 heterocycles. The molecule has 0 aromatic carbocycles. The summed E-state index contributed by atoms with van der Waals surface area (Å²) in [6, 6.07) is -0.896. The van der Waals surface area contributed by atoms with E-state index in [4.69, 9.17) is 14.2 Å². The van der Waals surface area contributed by atoms with Gasteiger partial charge in [0.2, 0.25) is 5.91 Å². The standard InChI is InChI=1S/C14H21NO7/c1-6-13(21-10(4)18)14(22-11(5)19)12(15-8(2)16)7-20-9(3)17/h6,12-14H,1,7H2,2-5H3,(H,15,16)/t12-,13+,14-/m0/s1. The fourth-order valence-corrected chi connectivity index (χ4v) is 1.70. The third-order valence-corrected chi connectivity index (χ3v) is 2.41. The lowest BCUT2D eigenvalue weighted by Gasteiger charge is -2.30. The average molecular weight is 315 g/mol. The molecule has 3 atom stereocenters. The van der Waals surface area contributed by atoms with E-state index >= 15 is 0 Å². The third kappa shape index (κ3) is 8.03. The summed E-state index contributed by atoms with van der Waals surface area (Å²) in [6.45, 7) is 8.05. The van der Waals surface area contributed by atoms with Gasteiger partial charge in [-0.25, -0.2) is 0 Å². The van der Waals surface area contributed by atoms with Gasteiger partial charge in [0.05, 0.1) is 0 Å². The van der Waals surface area contributed by atoms with E-state index in [-0.39, 0.29) is 6.61 Å². The quantitative estimate of drug-likeness (QED) is 0.384. The number of nitrogens with one attached hydrogen (secondary N) is 1. The molecular formula is C14H21NO7. The normalized spacial score (nSPS) is 14.0. The van der Waals surface area contributed by atoms with Crippen molar-refractivity contribution in [3.8, 4) is 0 Å². The SMILES string of the molecule is C=C[C@@H](OC(C)=O)[C@@H](OC(C)=O)[C@H](COC(C)=O)NC(C)=O. The topological polar surface area (TPSA) is 108 Å².